The van der Waals surface area contributed by atoms with Gasteiger partial charge in [-0.2, -0.15) is 0 Å². The Morgan fingerprint density at radius 3 is 2.50 bits per heavy atom. The minimum absolute atomic E-state index is 0. The van der Waals surface area contributed by atoms with E-state index in [1.807, 2.05) is 30.3 Å². The second kappa shape index (κ2) is 10.3. The fourth-order valence-electron chi connectivity index (χ4n) is 3.64. The van der Waals surface area contributed by atoms with E-state index in [-0.39, 0.29) is 23.7 Å². The lowest BCUT2D eigenvalue weighted by atomic mass is 9.79. The number of aryl methyl sites for hydroxylation is 1. The van der Waals surface area contributed by atoms with Crippen LogP contribution in [0.1, 0.15) is 27.4 Å². The summed E-state index contributed by atoms with van der Waals surface area (Å²) in [6, 6.07) is 9.93. The number of piperidine rings is 1. The summed E-state index contributed by atoms with van der Waals surface area (Å²) in [5, 5.41) is 6.53. The first-order chi connectivity index (χ1) is 13.1. The highest BCUT2D eigenvalue weighted by molar-refractivity contribution is 7.14. The van der Waals surface area contributed by atoms with Gasteiger partial charge in [0.2, 0.25) is 0 Å². The molecule has 0 unspecified atom stereocenters. The van der Waals surface area contributed by atoms with Crippen LogP contribution in [-0.4, -0.2) is 46.4 Å². The highest BCUT2D eigenvalue weighted by atomic mass is 35.5. The Balaban J connectivity index is 0.00000280. The second-order valence-corrected chi connectivity index (χ2v) is 8.43. The van der Waals surface area contributed by atoms with E-state index in [2.05, 4.69) is 17.6 Å². The molecule has 0 spiro atoms. The maximum atomic E-state index is 12.8. The lowest BCUT2D eigenvalue weighted by Crippen LogP contribution is -2.47. The number of hydrogen-bond donors (Lipinski definition) is 2. The summed E-state index contributed by atoms with van der Waals surface area (Å²) in [5.41, 5.74) is 2.22. The summed E-state index contributed by atoms with van der Waals surface area (Å²) in [5.74, 6) is 0.826. The first kappa shape index (κ1) is 22.7. The van der Waals surface area contributed by atoms with Crippen molar-refractivity contribution in [2.24, 2.45) is 5.41 Å². The molecule has 0 radical (unpaired) electrons. The number of methoxy groups -OCH3 is 2. The number of amides is 1. The van der Waals surface area contributed by atoms with Gasteiger partial charge in [0.25, 0.3) is 5.91 Å². The molecule has 1 fully saturated rings. The fraction of sp³-hybridized carbons (Fsp3) is 0.476. The molecule has 0 atom stereocenters. The van der Waals surface area contributed by atoms with E-state index in [4.69, 9.17) is 9.47 Å². The topological polar surface area (TPSA) is 59.6 Å². The highest BCUT2D eigenvalue weighted by Gasteiger charge is 2.32. The summed E-state index contributed by atoms with van der Waals surface area (Å²) >= 11 is 1.54. The van der Waals surface area contributed by atoms with Gasteiger partial charge in [-0.05, 0) is 62.2 Å². The first-order valence-corrected chi connectivity index (χ1v) is 10.1. The molecule has 1 aromatic heterocycles. The Morgan fingerprint density at radius 2 is 1.89 bits per heavy atom. The number of rotatable bonds is 7. The van der Waals surface area contributed by atoms with Crippen molar-refractivity contribution < 1.29 is 14.3 Å². The third kappa shape index (κ3) is 5.26. The predicted octanol–water partition coefficient (Wildman–Crippen LogP) is 3.90. The molecule has 1 aliphatic rings. The zero-order chi connectivity index (χ0) is 19.3. The number of nitrogens with one attached hydrogen (secondary N) is 2. The average Bonchev–Trinajstić information content (AvgIpc) is 3.09. The Hall–Kier alpha value is -1.60. The maximum absolute atomic E-state index is 12.8. The molecule has 3 rings (SSSR count). The molecule has 0 aliphatic carbocycles. The van der Waals surface area contributed by atoms with Gasteiger partial charge in [0.15, 0.2) is 0 Å². The molecule has 28 heavy (non-hydrogen) atoms. The normalized spacial score (nSPS) is 15.5. The lowest BCUT2D eigenvalue weighted by molar-refractivity contribution is 0.0512. The van der Waals surface area contributed by atoms with Gasteiger partial charge in [0.05, 0.1) is 18.6 Å². The third-order valence-electron chi connectivity index (χ3n) is 5.28. The van der Waals surface area contributed by atoms with Crippen molar-refractivity contribution in [1.29, 1.82) is 0 Å². The average molecular weight is 425 g/mol. The van der Waals surface area contributed by atoms with Gasteiger partial charge in [-0.3, -0.25) is 4.79 Å². The Morgan fingerprint density at radius 1 is 1.21 bits per heavy atom. The van der Waals surface area contributed by atoms with E-state index in [1.54, 1.807) is 14.2 Å². The molecule has 154 valence electrons. The van der Waals surface area contributed by atoms with Gasteiger partial charge in [0, 0.05) is 23.9 Å². The standard InChI is InChI=1S/C21H28N2O3S.ClH/c1-15-18(16-4-6-17(26-3)7-5-16)12-19(27-15)20(24)23-13-21(14-25-2)8-10-22-11-9-21;/h4-7,12,22H,8-11,13-14H2,1-3H3,(H,23,24);1H. The van der Waals surface area contributed by atoms with E-state index in [9.17, 15) is 4.79 Å². The molecule has 5 nitrogen and oxygen atoms in total. The number of carbonyl (C=O) groups excluding carboxylic acids is 1. The van der Waals surface area contributed by atoms with Gasteiger partial charge in [-0.15, -0.1) is 23.7 Å². The number of thiophene rings is 1. The molecule has 1 amide bonds. The van der Waals surface area contributed by atoms with Crippen molar-refractivity contribution in [3.8, 4) is 16.9 Å². The van der Waals surface area contributed by atoms with Crippen LogP contribution in [0.2, 0.25) is 0 Å². The number of hydrogen-bond acceptors (Lipinski definition) is 5. The van der Waals surface area contributed by atoms with Crippen LogP contribution in [0.5, 0.6) is 5.75 Å². The molecular weight excluding hydrogens is 396 g/mol. The molecular formula is C21H29ClN2O3S. The van der Waals surface area contributed by atoms with Gasteiger partial charge in [0.1, 0.15) is 5.75 Å². The molecule has 1 saturated heterocycles. The summed E-state index contributed by atoms with van der Waals surface area (Å²) < 4.78 is 10.7. The van der Waals surface area contributed by atoms with Crippen LogP contribution < -0.4 is 15.4 Å². The van der Waals surface area contributed by atoms with Crippen molar-refractivity contribution in [1.82, 2.24) is 10.6 Å². The van der Waals surface area contributed by atoms with E-state index >= 15 is 0 Å². The Kier molecular flexibility index (Phi) is 8.31. The second-order valence-electron chi connectivity index (χ2n) is 7.17. The van der Waals surface area contributed by atoms with Crippen LogP contribution in [0, 0.1) is 12.3 Å². The molecule has 2 N–H and O–H groups in total. The van der Waals surface area contributed by atoms with Crippen LogP contribution >= 0.6 is 23.7 Å². The summed E-state index contributed by atoms with van der Waals surface area (Å²) in [6.45, 7) is 5.32. The van der Waals surface area contributed by atoms with E-state index in [0.717, 1.165) is 52.6 Å². The Bertz CT molecular complexity index is 765. The van der Waals surface area contributed by atoms with Crippen LogP contribution in [-0.2, 0) is 4.74 Å². The molecule has 1 aromatic carbocycles. The van der Waals surface area contributed by atoms with Crippen molar-refractivity contribution in [2.75, 3.05) is 40.5 Å². The molecule has 2 heterocycles. The van der Waals surface area contributed by atoms with Gasteiger partial charge in [-0.25, -0.2) is 0 Å². The van der Waals surface area contributed by atoms with E-state index in [1.165, 1.54) is 11.3 Å². The number of ether oxygens (including phenoxy) is 2. The summed E-state index contributed by atoms with van der Waals surface area (Å²) in [6.07, 6.45) is 2.03. The predicted molar refractivity (Wildman–Crippen MR) is 117 cm³/mol. The van der Waals surface area contributed by atoms with Crippen molar-refractivity contribution >= 4 is 29.7 Å². The number of halogens is 1. The lowest BCUT2D eigenvalue weighted by Gasteiger charge is -2.37. The van der Waals surface area contributed by atoms with Crippen molar-refractivity contribution in [3.05, 3.63) is 40.1 Å². The SMILES string of the molecule is COCC1(CNC(=O)c2cc(-c3ccc(OC)cc3)c(C)s2)CCNCC1.Cl. The van der Waals surface area contributed by atoms with Gasteiger partial charge < -0.3 is 20.1 Å². The molecule has 2 aromatic rings. The maximum Gasteiger partial charge on any atom is 0.261 e. The minimum Gasteiger partial charge on any atom is -0.497 e. The Labute approximate surface area is 177 Å². The van der Waals surface area contributed by atoms with Crippen molar-refractivity contribution in [3.63, 3.8) is 0 Å². The quantitative estimate of drug-likeness (QED) is 0.707. The van der Waals surface area contributed by atoms with Crippen LogP contribution in [0.15, 0.2) is 30.3 Å². The number of carbonyl (C=O) groups is 1. The highest BCUT2D eigenvalue weighted by Crippen LogP contribution is 2.33. The van der Waals surface area contributed by atoms with Gasteiger partial charge in [-0.1, -0.05) is 12.1 Å². The van der Waals surface area contributed by atoms with Crippen LogP contribution in [0.25, 0.3) is 11.1 Å². The van der Waals surface area contributed by atoms with Gasteiger partial charge >= 0.3 is 0 Å². The zero-order valence-corrected chi connectivity index (χ0v) is 18.3. The summed E-state index contributed by atoms with van der Waals surface area (Å²) in [4.78, 5) is 14.6. The first-order valence-electron chi connectivity index (χ1n) is 9.30. The molecule has 0 bridgehead atoms. The fourth-order valence-corrected chi connectivity index (χ4v) is 4.60. The van der Waals surface area contributed by atoms with E-state index < -0.39 is 0 Å². The number of benzene rings is 1. The minimum atomic E-state index is -0.00290. The third-order valence-corrected chi connectivity index (χ3v) is 6.33. The van der Waals surface area contributed by atoms with Crippen molar-refractivity contribution in [2.45, 2.75) is 19.8 Å². The molecule has 0 saturated carbocycles. The van der Waals surface area contributed by atoms with E-state index in [0.29, 0.717) is 13.2 Å². The monoisotopic (exact) mass is 424 g/mol. The van der Waals surface area contributed by atoms with Crippen LogP contribution in [0.4, 0.5) is 0 Å². The molecule has 7 heteroatoms. The smallest absolute Gasteiger partial charge is 0.261 e. The van der Waals surface area contributed by atoms with Crippen LogP contribution in [0.3, 0.4) is 0 Å². The summed E-state index contributed by atoms with van der Waals surface area (Å²) in [7, 11) is 3.39. The zero-order valence-electron chi connectivity index (χ0n) is 16.7. The largest absolute Gasteiger partial charge is 0.497 e. The molecule has 1 aliphatic heterocycles.